The smallest absolute Gasteiger partial charge is 0.166 e. The molecular formula is C16H16FN3O2. The number of anilines is 1. The van der Waals surface area contributed by atoms with Gasteiger partial charge in [0.05, 0.1) is 37.7 Å². The third kappa shape index (κ3) is 2.48. The maximum Gasteiger partial charge on any atom is 0.166 e. The Balaban J connectivity index is 2.11. The molecule has 22 heavy (non-hydrogen) atoms. The summed E-state index contributed by atoms with van der Waals surface area (Å²) in [6.07, 6.45) is 4.52. The summed E-state index contributed by atoms with van der Waals surface area (Å²) in [5, 5.41) is 12.0. The first-order valence-corrected chi connectivity index (χ1v) is 6.88. The average Bonchev–Trinajstić information content (AvgIpc) is 2.96. The number of fused-ring (bicyclic) bond motifs is 1. The number of nitrogens with zero attached hydrogens (tertiary/aromatic N) is 3. The maximum absolute atomic E-state index is 14.1. The molecule has 0 aliphatic rings. The highest BCUT2D eigenvalue weighted by atomic mass is 19.1. The van der Waals surface area contributed by atoms with Gasteiger partial charge in [-0.2, -0.15) is 0 Å². The SMILES string of the molecule is COc1ccc2c(ccn2N(CCO)c2ccncc2F)c1. The zero-order chi connectivity index (χ0) is 15.5. The Hall–Kier alpha value is -2.60. The predicted octanol–water partition coefficient (Wildman–Crippen LogP) is 2.45. The predicted molar refractivity (Wildman–Crippen MR) is 82.5 cm³/mol. The van der Waals surface area contributed by atoms with Gasteiger partial charge in [-0.15, -0.1) is 0 Å². The number of hydrogen-bond donors (Lipinski definition) is 1. The van der Waals surface area contributed by atoms with E-state index in [1.807, 2.05) is 35.1 Å². The zero-order valence-corrected chi connectivity index (χ0v) is 12.1. The van der Waals surface area contributed by atoms with E-state index in [1.54, 1.807) is 18.2 Å². The monoisotopic (exact) mass is 301 g/mol. The van der Waals surface area contributed by atoms with Crippen LogP contribution in [0.25, 0.3) is 10.9 Å². The molecule has 2 heterocycles. The molecule has 0 aliphatic carbocycles. The van der Waals surface area contributed by atoms with Crippen LogP contribution in [0.15, 0.2) is 48.9 Å². The minimum atomic E-state index is -0.439. The lowest BCUT2D eigenvalue weighted by Crippen LogP contribution is -2.32. The van der Waals surface area contributed by atoms with Crippen LogP contribution in [0.1, 0.15) is 0 Å². The van der Waals surface area contributed by atoms with Crippen molar-refractivity contribution in [1.82, 2.24) is 9.66 Å². The summed E-state index contributed by atoms with van der Waals surface area (Å²) in [6.45, 7) is 0.161. The van der Waals surface area contributed by atoms with Crippen molar-refractivity contribution in [2.45, 2.75) is 0 Å². The van der Waals surface area contributed by atoms with Gasteiger partial charge in [-0.25, -0.2) is 4.39 Å². The topological polar surface area (TPSA) is 50.5 Å². The normalized spacial score (nSPS) is 10.9. The zero-order valence-electron chi connectivity index (χ0n) is 12.1. The Morgan fingerprint density at radius 1 is 1.32 bits per heavy atom. The Morgan fingerprint density at radius 3 is 2.91 bits per heavy atom. The molecule has 0 saturated carbocycles. The van der Waals surface area contributed by atoms with E-state index in [4.69, 9.17) is 4.74 Å². The molecule has 0 radical (unpaired) electrons. The molecule has 0 atom stereocenters. The average molecular weight is 301 g/mol. The highest BCUT2D eigenvalue weighted by Crippen LogP contribution is 2.25. The number of methoxy groups -OCH3 is 1. The van der Waals surface area contributed by atoms with Gasteiger partial charge in [-0.05, 0) is 30.3 Å². The molecule has 1 aromatic carbocycles. The largest absolute Gasteiger partial charge is 0.497 e. The molecule has 2 aromatic heterocycles. The van der Waals surface area contributed by atoms with Crippen molar-refractivity contribution in [2.24, 2.45) is 0 Å². The summed E-state index contributed by atoms with van der Waals surface area (Å²) < 4.78 is 21.1. The molecule has 0 fully saturated rings. The van der Waals surface area contributed by atoms with Crippen LogP contribution in [0.3, 0.4) is 0 Å². The molecule has 3 aromatic rings. The highest BCUT2D eigenvalue weighted by molar-refractivity contribution is 5.82. The summed E-state index contributed by atoms with van der Waals surface area (Å²) in [6, 6.07) is 9.16. The van der Waals surface area contributed by atoms with Gasteiger partial charge in [0.25, 0.3) is 0 Å². The molecule has 3 rings (SSSR count). The first-order valence-electron chi connectivity index (χ1n) is 6.88. The maximum atomic E-state index is 14.1. The molecule has 5 nitrogen and oxygen atoms in total. The molecule has 0 bridgehead atoms. The van der Waals surface area contributed by atoms with Crippen molar-refractivity contribution in [2.75, 3.05) is 25.3 Å². The fourth-order valence-corrected chi connectivity index (χ4v) is 2.46. The lowest BCUT2D eigenvalue weighted by Gasteiger charge is -2.26. The Bertz CT molecular complexity index is 788. The molecule has 6 heteroatoms. The van der Waals surface area contributed by atoms with Crippen LogP contribution < -0.4 is 9.75 Å². The number of aliphatic hydroxyl groups is 1. The Morgan fingerprint density at radius 2 is 2.18 bits per heavy atom. The number of ether oxygens (including phenoxy) is 1. The lowest BCUT2D eigenvalue weighted by atomic mass is 10.2. The van der Waals surface area contributed by atoms with E-state index in [0.29, 0.717) is 5.69 Å². The van der Waals surface area contributed by atoms with Gasteiger partial charge in [0.2, 0.25) is 0 Å². The number of pyridine rings is 1. The lowest BCUT2D eigenvalue weighted by molar-refractivity contribution is 0.298. The van der Waals surface area contributed by atoms with Crippen molar-refractivity contribution < 1.29 is 14.2 Å². The minimum absolute atomic E-state index is 0.0996. The van der Waals surface area contributed by atoms with E-state index in [0.717, 1.165) is 22.8 Å². The fourth-order valence-electron chi connectivity index (χ4n) is 2.46. The number of rotatable bonds is 5. The van der Waals surface area contributed by atoms with Gasteiger partial charge in [0, 0.05) is 17.8 Å². The van der Waals surface area contributed by atoms with Crippen LogP contribution in [0, 0.1) is 5.82 Å². The fraction of sp³-hybridized carbons (Fsp3) is 0.188. The Kier molecular flexibility index (Phi) is 3.93. The van der Waals surface area contributed by atoms with Crippen LogP contribution >= 0.6 is 0 Å². The third-order valence-corrected chi connectivity index (χ3v) is 3.48. The second kappa shape index (κ2) is 6.03. The summed E-state index contributed by atoms with van der Waals surface area (Å²) in [5.41, 5.74) is 1.25. The summed E-state index contributed by atoms with van der Waals surface area (Å²) in [7, 11) is 1.61. The van der Waals surface area contributed by atoms with Crippen molar-refractivity contribution in [3.05, 3.63) is 54.7 Å². The molecule has 0 aliphatic heterocycles. The van der Waals surface area contributed by atoms with E-state index < -0.39 is 5.82 Å². The van der Waals surface area contributed by atoms with Gasteiger partial charge in [0.15, 0.2) is 5.82 Å². The van der Waals surface area contributed by atoms with Gasteiger partial charge in [0.1, 0.15) is 5.75 Å². The van der Waals surface area contributed by atoms with Crippen LogP contribution in [0.2, 0.25) is 0 Å². The van der Waals surface area contributed by atoms with Crippen LogP contribution in [0.5, 0.6) is 5.75 Å². The van der Waals surface area contributed by atoms with Crippen molar-refractivity contribution >= 4 is 16.6 Å². The molecule has 1 N–H and O–H groups in total. The van der Waals surface area contributed by atoms with Crippen molar-refractivity contribution in [3.63, 3.8) is 0 Å². The van der Waals surface area contributed by atoms with Gasteiger partial charge < -0.3 is 9.84 Å². The van der Waals surface area contributed by atoms with E-state index in [2.05, 4.69) is 4.98 Å². The first-order chi connectivity index (χ1) is 10.7. The number of halogens is 1. The molecule has 0 amide bonds. The minimum Gasteiger partial charge on any atom is -0.497 e. The second-order valence-electron chi connectivity index (χ2n) is 4.76. The van der Waals surface area contributed by atoms with Crippen LogP contribution in [-0.2, 0) is 0 Å². The highest BCUT2D eigenvalue weighted by Gasteiger charge is 2.15. The third-order valence-electron chi connectivity index (χ3n) is 3.48. The van der Waals surface area contributed by atoms with Crippen molar-refractivity contribution in [1.29, 1.82) is 0 Å². The molecular weight excluding hydrogens is 285 g/mol. The van der Waals surface area contributed by atoms with E-state index in [1.165, 1.54) is 6.20 Å². The van der Waals surface area contributed by atoms with E-state index >= 15 is 0 Å². The van der Waals surface area contributed by atoms with Gasteiger partial charge in [-0.3, -0.25) is 14.7 Å². The van der Waals surface area contributed by atoms with Gasteiger partial charge in [-0.1, -0.05) is 0 Å². The van der Waals surface area contributed by atoms with Gasteiger partial charge >= 0.3 is 0 Å². The van der Waals surface area contributed by atoms with E-state index in [-0.39, 0.29) is 13.2 Å². The van der Waals surface area contributed by atoms with Crippen LogP contribution in [0.4, 0.5) is 10.1 Å². The molecule has 0 unspecified atom stereocenters. The molecule has 114 valence electrons. The summed E-state index contributed by atoms with van der Waals surface area (Å²) >= 11 is 0. The molecule has 0 saturated heterocycles. The Labute approximate surface area is 127 Å². The van der Waals surface area contributed by atoms with Crippen molar-refractivity contribution in [3.8, 4) is 5.75 Å². The number of hydrogen-bond acceptors (Lipinski definition) is 4. The number of benzene rings is 1. The second-order valence-corrected chi connectivity index (χ2v) is 4.76. The number of aromatic nitrogens is 2. The first kappa shape index (κ1) is 14.3. The molecule has 0 spiro atoms. The summed E-state index contributed by atoms with van der Waals surface area (Å²) in [5.74, 6) is 0.320. The van der Waals surface area contributed by atoms with E-state index in [9.17, 15) is 9.50 Å². The van der Waals surface area contributed by atoms with Crippen LogP contribution in [-0.4, -0.2) is 35.0 Å². The quantitative estimate of drug-likeness (QED) is 0.786. The standard InChI is InChI=1S/C16H16FN3O2/c1-22-13-2-3-15-12(10-13)5-7-19(15)20(8-9-21)16-4-6-18-11-14(16)17/h2-7,10-11,21H,8-9H2,1H3. The summed E-state index contributed by atoms with van der Waals surface area (Å²) in [4.78, 5) is 3.76. The number of aliphatic hydroxyl groups excluding tert-OH is 1.